The second kappa shape index (κ2) is 4.57. The van der Waals surface area contributed by atoms with Gasteiger partial charge in [-0.05, 0) is 19.1 Å². The van der Waals surface area contributed by atoms with E-state index < -0.39 is 0 Å². The van der Waals surface area contributed by atoms with E-state index in [0.29, 0.717) is 17.6 Å². The second-order valence-corrected chi connectivity index (χ2v) is 3.89. The van der Waals surface area contributed by atoms with Gasteiger partial charge in [-0.15, -0.1) is 0 Å². The van der Waals surface area contributed by atoms with Crippen molar-refractivity contribution in [3.63, 3.8) is 0 Å². The second-order valence-electron chi connectivity index (χ2n) is 3.89. The third-order valence-electron chi connectivity index (χ3n) is 2.73. The first-order valence-electron chi connectivity index (χ1n) is 5.37. The number of aromatic nitrogens is 1. The highest BCUT2D eigenvalue weighted by molar-refractivity contribution is 5.55. The average molecular weight is 223 g/mol. The Kier molecular flexibility index (Phi) is 3.14. The van der Waals surface area contributed by atoms with Gasteiger partial charge >= 0.3 is 0 Å². The van der Waals surface area contributed by atoms with Crippen LogP contribution < -0.4 is 15.4 Å². The van der Waals surface area contributed by atoms with E-state index in [-0.39, 0.29) is 0 Å². The average Bonchev–Trinajstić information content (AvgIpc) is 2.31. The summed E-state index contributed by atoms with van der Waals surface area (Å²) < 4.78 is 10.5. The summed E-state index contributed by atoms with van der Waals surface area (Å²) in [4.78, 5) is 6.59. The van der Waals surface area contributed by atoms with Crippen LogP contribution in [0.2, 0.25) is 0 Å². The fourth-order valence-electron chi connectivity index (χ4n) is 1.83. The number of rotatable bonds is 2. The number of hydrogen-bond donors (Lipinski definition) is 1. The molecule has 1 fully saturated rings. The predicted octanol–water partition coefficient (Wildman–Crippen LogP) is 0.897. The molecule has 0 spiro atoms. The molecule has 0 amide bonds. The molecule has 1 atom stereocenters. The van der Waals surface area contributed by atoms with Crippen LogP contribution in [0.5, 0.6) is 5.88 Å². The van der Waals surface area contributed by atoms with E-state index in [9.17, 15) is 0 Å². The van der Waals surface area contributed by atoms with Crippen molar-refractivity contribution in [2.45, 2.75) is 13.0 Å². The summed E-state index contributed by atoms with van der Waals surface area (Å²) in [5.41, 5.74) is 6.30. The van der Waals surface area contributed by atoms with Gasteiger partial charge in [0.25, 0.3) is 0 Å². The first-order chi connectivity index (χ1) is 7.72. The van der Waals surface area contributed by atoms with Crippen LogP contribution in [-0.2, 0) is 4.74 Å². The van der Waals surface area contributed by atoms with Gasteiger partial charge < -0.3 is 20.1 Å². The number of nitrogens with two attached hydrogens (primary N) is 1. The molecule has 5 heteroatoms. The molecule has 2 N–H and O–H groups in total. The first-order valence-corrected chi connectivity index (χ1v) is 5.37. The Morgan fingerprint density at radius 2 is 2.38 bits per heavy atom. The summed E-state index contributed by atoms with van der Waals surface area (Å²) in [6.45, 7) is 4.43. The molecule has 0 aromatic carbocycles. The van der Waals surface area contributed by atoms with E-state index in [0.717, 1.165) is 25.6 Å². The largest absolute Gasteiger partial charge is 0.479 e. The first kappa shape index (κ1) is 11.0. The van der Waals surface area contributed by atoms with Gasteiger partial charge in [-0.2, -0.15) is 4.98 Å². The molecule has 0 saturated carbocycles. The van der Waals surface area contributed by atoms with Gasteiger partial charge in [0, 0.05) is 6.54 Å². The van der Waals surface area contributed by atoms with Gasteiger partial charge in [-0.3, -0.25) is 0 Å². The maximum absolute atomic E-state index is 5.73. The summed E-state index contributed by atoms with van der Waals surface area (Å²) in [5.74, 6) is 1.37. The molecule has 1 aromatic heterocycles. The van der Waals surface area contributed by atoms with Gasteiger partial charge in [0.1, 0.15) is 5.82 Å². The molecule has 1 aliphatic rings. The third-order valence-corrected chi connectivity index (χ3v) is 2.73. The highest BCUT2D eigenvalue weighted by Crippen LogP contribution is 2.24. The minimum atomic E-state index is 0.328. The number of ether oxygens (including phenoxy) is 2. The smallest absolute Gasteiger partial charge is 0.238 e. The molecule has 88 valence electrons. The number of hydrogen-bond acceptors (Lipinski definition) is 5. The quantitative estimate of drug-likeness (QED) is 0.807. The zero-order valence-corrected chi connectivity index (χ0v) is 9.64. The lowest BCUT2D eigenvalue weighted by Crippen LogP contribution is -2.44. The van der Waals surface area contributed by atoms with Crippen molar-refractivity contribution in [2.24, 2.45) is 0 Å². The van der Waals surface area contributed by atoms with Crippen molar-refractivity contribution in [3.05, 3.63) is 12.1 Å². The molecule has 0 aliphatic carbocycles. The van der Waals surface area contributed by atoms with Crippen molar-refractivity contribution in [3.8, 4) is 5.88 Å². The van der Waals surface area contributed by atoms with Crippen LogP contribution >= 0.6 is 0 Å². The summed E-state index contributed by atoms with van der Waals surface area (Å²) in [5, 5.41) is 0. The van der Waals surface area contributed by atoms with E-state index in [2.05, 4.69) is 16.8 Å². The van der Waals surface area contributed by atoms with Crippen LogP contribution in [0.15, 0.2) is 12.1 Å². The van der Waals surface area contributed by atoms with Gasteiger partial charge in [-0.1, -0.05) is 0 Å². The van der Waals surface area contributed by atoms with Crippen LogP contribution in [-0.4, -0.2) is 37.9 Å². The van der Waals surface area contributed by atoms with Crippen molar-refractivity contribution in [1.29, 1.82) is 0 Å². The molecule has 5 nitrogen and oxygen atoms in total. The molecule has 1 unspecified atom stereocenters. The summed E-state index contributed by atoms with van der Waals surface area (Å²) in [6.07, 6.45) is 0. The van der Waals surface area contributed by atoms with E-state index in [1.54, 1.807) is 7.11 Å². The molecule has 16 heavy (non-hydrogen) atoms. The fraction of sp³-hybridized carbons (Fsp3) is 0.545. The van der Waals surface area contributed by atoms with E-state index >= 15 is 0 Å². The van der Waals surface area contributed by atoms with Crippen molar-refractivity contribution in [1.82, 2.24) is 4.98 Å². The minimum absolute atomic E-state index is 0.328. The van der Waals surface area contributed by atoms with E-state index in [1.165, 1.54) is 0 Å². The molecule has 0 bridgehead atoms. The molecule has 0 radical (unpaired) electrons. The summed E-state index contributed by atoms with van der Waals surface area (Å²) in [6, 6.07) is 4.07. The minimum Gasteiger partial charge on any atom is -0.479 e. The molecule has 1 saturated heterocycles. The number of nitrogens with zero attached hydrogens (tertiary/aromatic N) is 2. The number of pyridine rings is 1. The van der Waals surface area contributed by atoms with E-state index in [4.69, 9.17) is 15.2 Å². The highest BCUT2D eigenvalue weighted by atomic mass is 16.5. The molecular formula is C11H17N3O2. The zero-order chi connectivity index (χ0) is 11.5. The maximum Gasteiger partial charge on any atom is 0.238 e. The van der Waals surface area contributed by atoms with Crippen LogP contribution in [0.4, 0.5) is 11.5 Å². The van der Waals surface area contributed by atoms with Crippen molar-refractivity contribution in [2.75, 3.05) is 37.5 Å². The Morgan fingerprint density at radius 1 is 1.56 bits per heavy atom. The number of methoxy groups -OCH3 is 1. The number of anilines is 2. The number of nitrogen functional groups attached to an aromatic ring is 1. The number of morpholine rings is 1. The maximum atomic E-state index is 5.73. The van der Waals surface area contributed by atoms with Crippen LogP contribution in [0.1, 0.15) is 6.92 Å². The SMILES string of the molecule is COc1nc(N2CCOCC2C)ccc1N. The van der Waals surface area contributed by atoms with Gasteiger partial charge in [0.15, 0.2) is 0 Å². The Hall–Kier alpha value is -1.49. The standard InChI is InChI=1S/C11H17N3O2/c1-8-7-16-6-5-14(8)10-4-3-9(12)11(13-10)15-2/h3-4,8H,5-7,12H2,1-2H3. The summed E-state index contributed by atoms with van der Waals surface area (Å²) >= 11 is 0. The molecule has 2 heterocycles. The predicted molar refractivity (Wildman–Crippen MR) is 62.8 cm³/mol. The Balaban J connectivity index is 2.25. The zero-order valence-electron chi connectivity index (χ0n) is 9.64. The Bertz CT molecular complexity index is 370. The van der Waals surface area contributed by atoms with Crippen molar-refractivity contribution >= 4 is 11.5 Å². The Morgan fingerprint density at radius 3 is 3.06 bits per heavy atom. The van der Waals surface area contributed by atoms with Crippen LogP contribution in [0.25, 0.3) is 0 Å². The van der Waals surface area contributed by atoms with E-state index in [1.807, 2.05) is 12.1 Å². The van der Waals surface area contributed by atoms with Gasteiger partial charge in [0.05, 0.1) is 32.1 Å². The van der Waals surface area contributed by atoms with Gasteiger partial charge in [-0.25, -0.2) is 0 Å². The lowest BCUT2D eigenvalue weighted by molar-refractivity contribution is 0.0985. The fourth-order valence-corrected chi connectivity index (χ4v) is 1.83. The Labute approximate surface area is 95.2 Å². The van der Waals surface area contributed by atoms with Crippen LogP contribution in [0, 0.1) is 0 Å². The molecular weight excluding hydrogens is 206 g/mol. The molecule has 2 rings (SSSR count). The third kappa shape index (κ3) is 2.04. The highest BCUT2D eigenvalue weighted by Gasteiger charge is 2.20. The normalized spacial score (nSPS) is 20.9. The lowest BCUT2D eigenvalue weighted by atomic mass is 10.2. The van der Waals surface area contributed by atoms with Crippen molar-refractivity contribution < 1.29 is 9.47 Å². The van der Waals surface area contributed by atoms with Crippen LogP contribution in [0.3, 0.4) is 0 Å². The lowest BCUT2D eigenvalue weighted by Gasteiger charge is -2.34. The van der Waals surface area contributed by atoms with Gasteiger partial charge in [0.2, 0.25) is 5.88 Å². The summed E-state index contributed by atoms with van der Waals surface area (Å²) in [7, 11) is 1.57. The molecule has 1 aliphatic heterocycles. The topological polar surface area (TPSA) is 60.6 Å². The molecule has 1 aromatic rings. The monoisotopic (exact) mass is 223 g/mol.